The van der Waals surface area contributed by atoms with Crippen LogP contribution in [0.25, 0.3) is 16.8 Å². The van der Waals surface area contributed by atoms with Gasteiger partial charge in [0.05, 0.1) is 31.9 Å². The Morgan fingerprint density at radius 2 is 1.63 bits per heavy atom. The van der Waals surface area contributed by atoms with Crippen molar-refractivity contribution in [1.29, 1.82) is 0 Å². The molecule has 3 rings (SSSR count). The van der Waals surface area contributed by atoms with Gasteiger partial charge in [-0.2, -0.15) is 0 Å². The highest BCUT2D eigenvalue weighted by molar-refractivity contribution is 6.22. The highest BCUT2D eigenvalue weighted by Gasteiger charge is 2.21. The van der Waals surface area contributed by atoms with Crippen LogP contribution >= 0.6 is 0 Å². The van der Waals surface area contributed by atoms with Crippen LogP contribution in [0.15, 0.2) is 78.4 Å². The summed E-state index contributed by atoms with van der Waals surface area (Å²) in [4.78, 5) is 26.2. The molecule has 30 heavy (non-hydrogen) atoms. The number of esters is 1. The van der Waals surface area contributed by atoms with Gasteiger partial charge in [-0.25, -0.2) is 14.8 Å². The quantitative estimate of drug-likeness (QED) is 0.197. The first-order valence-corrected chi connectivity index (χ1v) is 9.09. The van der Waals surface area contributed by atoms with Crippen molar-refractivity contribution in [2.45, 2.75) is 0 Å². The van der Waals surface area contributed by atoms with Crippen molar-refractivity contribution in [3.63, 3.8) is 0 Å². The molecule has 0 saturated heterocycles. The van der Waals surface area contributed by atoms with E-state index in [-0.39, 0.29) is 5.57 Å². The molecule has 2 aromatic carbocycles. The fourth-order valence-corrected chi connectivity index (χ4v) is 2.95. The summed E-state index contributed by atoms with van der Waals surface area (Å²) in [6, 6.07) is 18.8. The van der Waals surface area contributed by atoms with E-state index in [4.69, 9.17) is 14.3 Å². The van der Waals surface area contributed by atoms with Gasteiger partial charge in [0.25, 0.3) is 0 Å². The number of aromatic nitrogens is 2. The normalized spacial score (nSPS) is 11.7. The number of benzene rings is 2. The third-order valence-electron chi connectivity index (χ3n) is 4.28. The molecule has 7 heteroatoms. The average Bonchev–Trinajstić information content (AvgIpc) is 2.81. The lowest BCUT2D eigenvalue weighted by molar-refractivity contribution is -0.133. The van der Waals surface area contributed by atoms with Gasteiger partial charge in [0.1, 0.15) is 24.7 Å². The monoisotopic (exact) mass is 403 g/mol. The maximum absolute atomic E-state index is 12.3. The van der Waals surface area contributed by atoms with Crippen molar-refractivity contribution < 1.29 is 19.1 Å². The lowest BCUT2D eigenvalue weighted by Crippen LogP contribution is -2.13. The highest BCUT2D eigenvalue weighted by Crippen LogP contribution is 2.25. The topological polar surface area (TPSA) is 82.9 Å². The van der Waals surface area contributed by atoms with Crippen LogP contribution in [0.5, 0.6) is 0 Å². The maximum Gasteiger partial charge on any atom is 0.341 e. The standard InChI is InChI=1S/C23H21N3O4/c1-28-14-19(23(27)29-2)17-11-7-8-12-18(17)22(26-30-3)21-13-20(24-15-25-21)16-9-5-4-6-10-16/h4-15H,1-3H3. The van der Waals surface area contributed by atoms with Crippen LogP contribution in [0.2, 0.25) is 0 Å². The third kappa shape index (κ3) is 4.52. The summed E-state index contributed by atoms with van der Waals surface area (Å²) in [5.74, 6) is -0.534. The minimum Gasteiger partial charge on any atom is -0.503 e. The maximum atomic E-state index is 12.3. The Hall–Kier alpha value is -4.00. The zero-order valence-corrected chi connectivity index (χ0v) is 16.9. The molecular weight excluding hydrogens is 382 g/mol. The fourth-order valence-electron chi connectivity index (χ4n) is 2.95. The van der Waals surface area contributed by atoms with Gasteiger partial charge < -0.3 is 14.3 Å². The molecule has 0 N–H and O–H groups in total. The Labute approximate surface area is 174 Å². The number of carbonyl (C=O) groups is 1. The molecule has 3 aromatic rings. The van der Waals surface area contributed by atoms with E-state index in [0.29, 0.717) is 22.5 Å². The molecule has 7 nitrogen and oxygen atoms in total. The summed E-state index contributed by atoms with van der Waals surface area (Å²) >= 11 is 0. The van der Waals surface area contributed by atoms with Gasteiger partial charge in [-0.15, -0.1) is 0 Å². The molecule has 0 fully saturated rings. The molecule has 0 saturated carbocycles. The molecule has 1 aromatic heterocycles. The van der Waals surface area contributed by atoms with E-state index in [2.05, 4.69) is 15.1 Å². The lowest BCUT2D eigenvalue weighted by Gasteiger charge is -2.13. The summed E-state index contributed by atoms with van der Waals surface area (Å²) in [5, 5.41) is 4.19. The van der Waals surface area contributed by atoms with E-state index in [0.717, 1.165) is 11.3 Å². The second kappa shape index (κ2) is 9.97. The minimum atomic E-state index is -0.534. The van der Waals surface area contributed by atoms with E-state index in [1.165, 1.54) is 33.9 Å². The zero-order chi connectivity index (χ0) is 21.3. The molecule has 0 aliphatic carbocycles. The second-order valence-corrected chi connectivity index (χ2v) is 6.08. The number of carbonyl (C=O) groups excluding carboxylic acids is 1. The first-order valence-electron chi connectivity index (χ1n) is 9.09. The molecule has 0 spiro atoms. The van der Waals surface area contributed by atoms with E-state index in [9.17, 15) is 4.79 Å². The Kier molecular flexibility index (Phi) is 6.89. The third-order valence-corrected chi connectivity index (χ3v) is 4.28. The number of oxime groups is 1. The Bertz CT molecular complexity index is 1080. The van der Waals surface area contributed by atoms with E-state index < -0.39 is 5.97 Å². The summed E-state index contributed by atoms with van der Waals surface area (Å²) < 4.78 is 10.0. The van der Waals surface area contributed by atoms with Crippen LogP contribution < -0.4 is 0 Å². The van der Waals surface area contributed by atoms with Crippen LogP contribution in [-0.4, -0.2) is 43.0 Å². The highest BCUT2D eigenvalue weighted by atomic mass is 16.6. The molecule has 0 atom stereocenters. The smallest absolute Gasteiger partial charge is 0.341 e. The average molecular weight is 403 g/mol. The molecule has 0 aliphatic heterocycles. The van der Waals surface area contributed by atoms with Gasteiger partial charge in [-0.05, 0) is 6.07 Å². The number of hydrogen-bond acceptors (Lipinski definition) is 7. The SMILES string of the molecule is COC=C(C(=O)OC)c1ccccc1C(=NOC)c1cc(-c2ccccc2)ncn1. The van der Waals surface area contributed by atoms with Crippen molar-refractivity contribution >= 4 is 17.3 Å². The molecule has 0 bridgehead atoms. The summed E-state index contributed by atoms with van der Waals surface area (Å²) in [7, 11) is 4.23. The summed E-state index contributed by atoms with van der Waals surface area (Å²) in [6.45, 7) is 0. The second-order valence-electron chi connectivity index (χ2n) is 6.08. The molecular formula is C23H21N3O4. The van der Waals surface area contributed by atoms with Crippen LogP contribution in [0.4, 0.5) is 0 Å². The number of ether oxygens (including phenoxy) is 2. The van der Waals surface area contributed by atoms with Crippen LogP contribution in [0.3, 0.4) is 0 Å². The molecule has 0 aliphatic rings. The van der Waals surface area contributed by atoms with Gasteiger partial charge in [0.2, 0.25) is 0 Å². The number of methoxy groups -OCH3 is 2. The summed E-state index contributed by atoms with van der Waals surface area (Å²) in [6.07, 6.45) is 2.81. The Morgan fingerprint density at radius 1 is 0.933 bits per heavy atom. The number of rotatable bonds is 7. The Morgan fingerprint density at radius 3 is 2.30 bits per heavy atom. The van der Waals surface area contributed by atoms with Gasteiger partial charge in [0, 0.05) is 16.7 Å². The predicted octanol–water partition coefficient (Wildman–Crippen LogP) is 3.70. The predicted molar refractivity (Wildman–Crippen MR) is 114 cm³/mol. The molecule has 152 valence electrons. The van der Waals surface area contributed by atoms with Crippen LogP contribution in [0, 0.1) is 0 Å². The number of hydrogen-bond donors (Lipinski definition) is 0. The van der Waals surface area contributed by atoms with Crippen LogP contribution in [0.1, 0.15) is 16.8 Å². The molecule has 0 radical (unpaired) electrons. The lowest BCUT2D eigenvalue weighted by atomic mass is 9.95. The van der Waals surface area contributed by atoms with Crippen molar-refractivity contribution in [2.75, 3.05) is 21.3 Å². The zero-order valence-electron chi connectivity index (χ0n) is 16.9. The summed E-state index contributed by atoms with van der Waals surface area (Å²) in [5.41, 5.74) is 4.12. The van der Waals surface area contributed by atoms with E-state index in [1.54, 1.807) is 6.07 Å². The van der Waals surface area contributed by atoms with E-state index in [1.807, 2.05) is 54.6 Å². The molecule has 1 heterocycles. The van der Waals surface area contributed by atoms with Gasteiger partial charge in [-0.1, -0.05) is 59.8 Å². The van der Waals surface area contributed by atoms with Crippen molar-refractivity contribution in [3.8, 4) is 11.3 Å². The van der Waals surface area contributed by atoms with Crippen molar-refractivity contribution in [2.24, 2.45) is 5.16 Å². The number of nitrogens with zero attached hydrogens (tertiary/aromatic N) is 3. The first kappa shape index (κ1) is 20.7. The molecule has 0 amide bonds. The molecule has 0 unspecified atom stereocenters. The van der Waals surface area contributed by atoms with Crippen LogP contribution in [-0.2, 0) is 19.1 Å². The first-order chi connectivity index (χ1) is 14.7. The van der Waals surface area contributed by atoms with E-state index >= 15 is 0 Å². The fraction of sp³-hybridized carbons (Fsp3) is 0.130. The van der Waals surface area contributed by atoms with Crippen molar-refractivity contribution in [3.05, 3.63) is 90.1 Å². The Balaban J connectivity index is 2.15. The van der Waals surface area contributed by atoms with Gasteiger partial charge >= 0.3 is 5.97 Å². The van der Waals surface area contributed by atoms with Gasteiger partial charge in [0.15, 0.2) is 0 Å². The van der Waals surface area contributed by atoms with Gasteiger partial charge in [-0.3, -0.25) is 0 Å². The largest absolute Gasteiger partial charge is 0.503 e. The van der Waals surface area contributed by atoms with Crippen molar-refractivity contribution in [1.82, 2.24) is 9.97 Å². The minimum absolute atomic E-state index is 0.247.